The average Bonchev–Trinajstić information content (AvgIpc) is 3.21. The van der Waals surface area contributed by atoms with E-state index in [-0.39, 0.29) is 12.5 Å². The van der Waals surface area contributed by atoms with E-state index in [0.717, 1.165) is 33.5 Å². The van der Waals surface area contributed by atoms with E-state index in [2.05, 4.69) is 61.4 Å². The summed E-state index contributed by atoms with van der Waals surface area (Å²) >= 11 is 1.43. The third-order valence-corrected chi connectivity index (χ3v) is 5.41. The van der Waals surface area contributed by atoms with Crippen molar-refractivity contribution in [3.8, 4) is 11.3 Å². The number of anilines is 1. The summed E-state index contributed by atoms with van der Waals surface area (Å²) in [6, 6.07) is 8.18. The number of nitrogens with zero attached hydrogens (tertiary/aromatic N) is 5. The number of fused-ring (bicyclic) bond motifs is 1. The molecule has 0 saturated carbocycles. The predicted octanol–water partition coefficient (Wildman–Crippen LogP) is 3.63. The summed E-state index contributed by atoms with van der Waals surface area (Å²) in [4.78, 5) is 17.7. The molecule has 3 heterocycles. The van der Waals surface area contributed by atoms with Crippen molar-refractivity contribution in [2.45, 2.75) is 31.5 Å². The van der Waals surface area contributed by atoms with Gasteiger partial charge in [0.05, 0.1) is 24.2 Å². The zero-order valence-electron chi connectivity index (χ0n) is 16.8. The highest BCUT2D eigenvalue weighted by molar-refractivity contribution is 7.99. The second kappa shape index (κ2) is 9.19. The molecule has 3 N–H and O–H groups in total. The Bertz CT molecular complexity index is 1110. The van der Waals surface area contributed by atoms with Crippen LogP contribution in [0.4, 0.5) is 5.82 Å². The average molecular weight is 422 g/mol. The van der Waals surface area contributed by atoms with E-state index in [4.69, 9.17) is 5.11 Å². The van der Waals surface area contributed by atoms with Gasteiger partial charge in [0.2, 0.25) is 0 Å². The molecule has 4 aromatic rings. The molecule has 0 radical (unpaired) electrons. The molecule has 0 saturated heterocycles. The Kier molecular flexibility index (Phi) is 6.20. The Morgan fingerprint density at radius 3 is 2.63 bits per heavy atom. The van der Waals surface area contributed by atoms with Crippen molar-refractivity contribution in [1.29, 1.82) is 0 Å². The van der Waals surface area contributed by atoms with Crippen LogP contribution in [-0.4, -0.2) is 47.6 Å². The first-order valence-corrected chi connectivity index (χ1v) is 10.7. The van der Waals surface area contributed by atoms with Gasteiger partial charge in [0, 0.05) is 30.3 Å². The molecule has 1 aromatic carbocycles. The Balaban J connectivity index is 1.57. The molecule has 0 fully saturated rings. The zero-order valence-corrected chi connectivity index (χ0v) is 17.6. The first-order valence-electron chi connectivity index (χ1n) is 9.74. The first kappa shape index (κ1) is 20.2. The van der Waals surface area contributed by atoms with Crippen molar-refractivity contribution >= 4 is 28.6 Å². The van der Waals surface area contributed by atoms with Gasteiger partial charge < -0.3 is 10.4 Å². The van der Waals surface area contributed by atoms with Crippen molar-refractivity contribution in [3.05, 3.63) is 54.1 Å². The Morgan fingerprint density at radius 1 is 1.10 bits per heavy atom. The minimum atomic E-state index is 0.0788. The lowest BCUT2D eigenvalue weighted by molar-refractivity contribution is 0.322. The maximum Gasteiger partial charge on any atom is 0.190 e. The SMILES string of the molecule is CC(C)c1[nH]nc2c(NCc3ccc(-c4cnccn4)cc3)nc(SCCO)nc12. The summed E-state index contributed by atoms with van der Waals surface area (Å²) in [7, 11) is 0. The standard InChI is InChI=1S/C21H23N7OS/c1-13(2)17-18-19(28-27-17)20(26-21(25-18)30-10-9-29)24-11-14-3-5-15(6-4-14)16-12-22-7-8-23-16/h3-8,12-13,29H,9-11H2,1-2H3,(H,27,28)(H,24,25,26). The number of aliphatic hydroxyl groups excluding tert-OH is 1. The number of rotatable bonds is 8. The third-order valence-electron chi connectivity index (χ3n) is 4.58. The molecule has 0 aliphatic heterocycles. The summed E-state index contributed by atoms with van der Waals surface area (Å²) in [6.07, 6.45) is 5.10. The van der Waals surface area contributed by atoms with E-state index in [9.17, 15) is 0 Å². The number of aliphatic hydroxyl groups is 1. The minimum absolute atomic E-state index is 0.0788. The summed E-state index contributed by atoms with van der Waals surface area (Å²) in [6.45, 7) is 4.87. The normalized spacial score (nSPS) is 11.3. The second-order valence-corrected chi connectivity index (χ2v) is 8.12. The number of hydrogen-bond donors (Lipinski definition) is 3. The summed E-state index contributed by atoms with van der Waals surface area (Å²) in [5.41, 5.74) is 5.50. The summed E-state index contributed by atoms with van der Waals surface area (Å²) < 4.78 is 0. The van der Waals surface area contributed by atoms with Gasteiger partial charge in [0.15, 0.2) is 16.5 Å². The smallest absolute Gasteiger partial charge is 0.190 e. The van der Waals surface area contributed by atoms with Crippen LogP contribution < -0.4 is 5.32 Å². The number of aromatic nitrogens is 6. The molecule has 154 valence electrons. The highest BCUT2D eigenvalue weighted by Gasteiger charge is 2.17. The van der Waals surface area contributed by atoms with Gasteiger partial charge in [0.25, 0.3) is 0 Å². The van der Waals surface area contributed by atoms with E-state index < -0.39 is 0 Å². The minimum Gasteiger partial charge on any atom is -0.396 e. The number of aromatic amines is 1. The first-order chi connectivity index (χ1) is 14.7. The van der Waals surface area contributed by atoms with Crippen molar-refractivity contribution in [2.24, 2.45) is 0 Å². The summed E-state index contributed by atoms with van der Waals surface area (Å²) in [5.74, 6) is 1.49. The Morgan fingerprint density at radius 2 is 1.93 bits per heavy atom. The van der Waals surface area contributed by atoms with Crippen LogP contribution in [0.3, 0.4) is 0 Å². The van der Waals surface area contributed by atoms with Gasteiger partial charge in [0.1, 0.15) is 5.52 Å². The molecule has 0 aliphatic carbocycles. The molecule has 0 bridgehead atoms. The molecule has 0 amide bonds. The van der Waals surface area contributed by atoms with E-state index in [1.165, 1.54) is 11.8 Å². The van der Waals surface area contributed by atoms with Crippen LogP contribution in [0, 0.1) is 0 Å². The Labute approximate surface area is 178 Å². The molecule has 8 nitrogen and oxygen atoms in total. The van der Waals surface area contributed by atoms with Gasteiger partial charge in [-0.1, -0.05) is 49.9 Å². The van der Waals surface area contributed by atoms with Crippen LogP contribution in [-0.2, 0) is 6.54 Å². The lowest BCUT2D eigenvalue weighted by atomic mass is 10.1. The molecule has 30 heavy (non-hydrogen) atoms. The largest absolute Gasteiger partial charge is 0.396 e. The van der Waals surface area contributed by atoms with Crippen LogP contribution in [0.15, 0.2) is 48.0 Å². The van der Waals surface area contributed by atoms with Gasteiger partial charge in [-0.05, 0) is 11.5 Å². The van der Waals surface area contributed by atoms with Gasteiger partial charge in [-0.15, -0.1) is 0 Å². The maximum absolute atomic E-state index is 9.15. The van der Waals surface area contributed by atoms with E-state index >= 15 is 0 Å². The number of thioether (sulfide) groups is 1. The predicted molar refractivity (Wildman–Crippen MR) is 118 cm³/mol. The number of benzene rings is 1. The number of hydrogen-bond acceptors (Lipinski definition) is 8. The number of H-pyrrole nitrogens is 1. The number of nitrogens with one attached hydrogen (secondary N) is 2. The molecule has 3 aromatic heterocycles. The molecular weight excluding hydrogens is 398 g/mol. The van der Waals surface area contributed by atoms with Crippen LogP contribution in [0.1, 0.15) is 31.0 Å². The van der Waals surface area contributed by atoms with E-state index in [1.807, 2.05) is 12.1 Å². The monoisotopic (exact) mass is 421 g/mol. The second-order valence-electron chi connectivity index (χ2n) is 7.06. The van der Waals surface area contributed by atoms with Gasteiger partial charge >= 0.3 is 0 Å². The topological polar surface area (TPSA) is 113 Å². The molecule has 9 heteroatoms. The van der Waals surface area contributed by atoms with Crippen molar-refractivity contribution < 1.29 is 5.11 Å². The van der Waals surface area contributed by atoms with Gasteiger partial charge in [-0.3, -0.25) is 15.1 Å². The van der Waals surface area contributed by atoms with E-state index in [1.54, 1.807) is 18.6 Å². The molecule has 0 spiro atoms. The van der Waals surface area contributed by atoms with Crippen LogP contribution in [0.25, 0.3) is 22.3 Å². The van der Waals surface area contributed by atoms with Gasteiger partial charge in [-0.2, -0.15) is 5.10 Å². The van der Waals surface area contributed by atoms with Gasteiger partial charge in [-0.25, -0.2) is 9.97 Å². The fourth-order valence-corrected chi connectivity index (χ4v) is 3.64. The zero-order chi connectivity index (χ0) is 20.9. The lowest BCUT2D eigenvalue weighted by Crippen LogP contribution is -2.04. The fourth-order valence-electron chi connectivity index (χ4n) is 3.05. The quantitative estimate of drug-likeness (QED) is 0.292. The van der Waals surface area contributed by atoms with Crippen molar-refractivity contribution in [2.75, 3.05) is 17.7 Å². The molecule has 0 aliphatic rings. The molecule has 0 atom stereocenters. The van der Waals surface area contributed by atoms with Crippen molar-refractivity contribution in [3.63, 3.8) is 0 Å². The Hall–Kier alpha value is -3.04. The van der Waals surface area contributed by atoms with Crippen LogP contribution in [0.5, 0.6) is 0 Å². The van der Waals surface area contributed by atoms with Crippen molar-refractivity contribution in [1.82, 2.24) is 30.1 Å². The highest BCUT2D eigenvalue weighted by Crippen LogP contribution is 2.28. The lowest BCUT2D eigenvalue weighted by Gasteiger charge is -2.09. The highest BCUT2D eigenvalue weighted by atomic mass is 32.2. The van der Waals surface area contributed by atoms with E-state index in [0.29, 0.717) is 23.3 Å². The molecule has 4 rings (SSSR count). The molecule has 0 unspecified atom stereocenters. The maximum atomic E-state index is 9.15. The third kappa shape index (κ3) is 4.42. The summed E-state index contributed by atoms with van der Waals surface area (Å²) in [5, 5.41) is 20.7. The fraction of sp³-hybridized carbons (Fsp3) is 0.286. The van der Waals surface area contributed by atoms with Crippen LogP contribution in [0.2, 0.25) is 0 Å². The molecular formula is C21H23N7OS. The van der Waals surface area contributed by atoms with Crippen LogP contribution >= 0.6 is 11.8 Å².